The van der Waals surface area contributed by atoms with Crippen molar-refractivity contribution in [3.8, 4) is 0 Å². The Labute approximate surface area is 106 Å². The van der Waals surface area contributed by atoms with E-state index < -0.39 is 0 Å². The normalized spacial score (nSPS) is 39.7. The van der Waals surface area contributed by atoms with Gasteiger partial charge in [-0.1, -0.05) is 26.2 Å². The van der Waals surface area contributed by atoms with Gasteiger partial charge in [0.1, 0.15) is 0 Å². The van der Waals surface area contributed by atoms with Crippen molar-refractivity contribution < 1.29 is 0 Å². The predicted molar refractivity (Wildman–Crippen MR) is 72.2 cm³/mol. The summed E-state index contributed by atoms with van der Waals surface area (Å²) in [5.41, 5.74) is 0. The maximum atomic E-state index is 3.70. The van der Waals surface area contributed by atoms with Crippen molar-refractivity contribution in [1.29, 1.82) is 0 Å². The third kappa shape index (κ3) is 2.39. The zero-order chi connectivity index (χ0) is 11.7. The van der Waals surface area contributed by atoms with E-state index in [1.165, 1.54) is 57.8 Å². The number of rotatable bonds is 3. The third-order valence-corrected chi connectivity index (χ3v) is 5.27. The molecule has 3 fully saturated rings. The van der Waals surface area contributed by atoms with E-state index in [0.29, 0.717) is 0 Å². The zero-order valence-electron chi connectivity index (χ0n) is 11.3. The Balaban J connectivity index is 1.68. The van der Waals surface area contributed by atoms with E-state index in [0.717, 1.165) is 30.7 Å². The molecule has 1 saturated carbocycles. The standard InChI is InChI=1S/C15H28N2/c1-2-16-12-10-14-8-5-9-15(11-12)17(14)13-6-3-4-7-13/h12-16H,2-11H2,1H3. The molecule has 0 amide bonds. The fourth-order valence-electron chi connectivity index (χ4n) is 4.67. The van der Waals surface area contributed by atoms with Crippen LogP contribution in [0.3, 0.4) is 0 Å². The fourth-order valence-corrected chi connectivity index (χ4v) is 4.67. The highest BCUT2D eigenvalue weighted by molar-refractivity contribution is 4.98. The molecule has 98 valence electrons. The van der Waals surface area contributed by atoms with Crippen LogP contribution in [0.2, 0.25) is 0 Å². The molecule has 2 atom stereocenters. The minimum atomic E-state index is 0.813. The van der Waals surface area contributed by atoms with Gasteiger partial charge in [0.25, 0.3) is 0 Å². The smallest absolute Gasteiger partial charge is 0.0116 e. The predicted octanol–water partition coefficient (Wildman–Crippen LogP) is 2.92. The molecule has 2 bridgehead atoms. The van der Waals surface area contributed by atoms with Gasteiger partial charge in [0.2, 0.25) is 0 Å². The van der Waals surface area contributed by atoms with Gasteiger partial charge in [0.05, 0.1) is 0 Å². The molecule has 2 saturated heterocycles. The summed E-state index contributed by atoms with van der Waals surface area (Å²) in [4.78, 5) is 2.96. The van der Waals surface area contributed by atoms with Crippen LogP contribution in [-0.4, -0.2) is 35.6 Å². The van der Waals surface area contributed by atoms with Crippen molar-refractivity contribution in [3.63, 3.8) is 0 Å². The van der Waals surface area contributed by atoms with Crippen LogP contribution in [0.25, 0.3) is 0 Å². The highest BCUT2D eigenvalue weighted by Crippen LogP contribution is 2.39. The van der Waals surface area contributed by atoms with Gasteiger partial charge in [0.15, 0.2) is 0 Å². The maximum absolute atomic E-state index is 3.70. The Morgan fingerprint density at radius 1 is 0.882 bits per heavy atom. The Morgan fingerprint density at radius 3 is 2.06 bits per heavy atom. The zero-order valence-corrected chi connectivity index (χ0v) is 11.3. The molecular weight excluding hydrogens is 208 g/mol. The van der Waals surface area contributed by atoms with Crippen LogP contribution >= 0.6 is 0 Å². The fraction of sp³-hybridized carbons (Fsp3) is 1.00. The lowest BCUT2D eigenvalue weighted by Gasteiger charge is -2.52. The van der Waals surface area contributed by atoms with Crippen molar-refractivity contribution in [2.24, 2.45) is 0 Å². The molecule has 1 N–H and O–H groups in total. The van der Waals surface area contributed by atoms with Crippen LogP contribution in [0.4, 0.5) is 0 Å². The molecule has 0 aromatic carbocycles. The molecule has 17 heavy (non-hydrogen) atoms. The lowest BCUT2D eigenvalue weighted by Crippen LogP contribution is -2.59. The minimum Gasteiger partial charge on any atom is -0.314 e. The molecular formula is C15H28N2. The number of fused-ring (bicyclic) bond motifs is 2. The first-order chi connectivity index (χ1) is 8.38. The lowest BCUT2D eigenvalue weighted by molar-refractivity contribution is -0.00852. The second-order valence-corrected chi connectivity index (χ2v) is 6.35. The van der Waals surface area contributed by atoms with Crippen LogP contribution < -0.4 is 5.32 Å². The Hall–Kier alpha value is -0.0800. The van der Waals surface area contributed by atoms with Gasteiger partial charge in [-0.2, -0.15) is 0 Å². The molecule has 2 nitrogen and oxygen atoms in total. The van der Waals surface area contributed by atoms with Gasteiger partial charge >= 0.3 is 0 Å². The summed E-state index contributed by atoms with van der Waals surface area (Å²) < 4.78 is 0. The minimum absolute atomic E-state index is 0.813. The topological polar surface area (TPSA) is 15.3 Å². The summed E-state index contributed by atoms with van der Waals surface area (Å²) in [6.45, 7) is 3.40. The average Bonchev–Trinajstić information content (AvgIpc) is 2.81. The van der Waals surface area contributed by atoms with Crippen molar-refractivity contribution in [2.45, 2.75) is 88.9 Å². The molecule has 2 unspecified atom stereocenters. The Bertz CT molecular complexity index is 233. The van der Waals surface area contributed by atoms with Gasteiger partial charge in [-0.25, -0.2) is 0 Å². The Kier molecular flexibility index (Phi) is 3.72. The van der Waals surface area contributed by atoms with E-state index in [1.807, 2.05) is 0 Å². The second-order valence-electron chi connectivity index (χ2n) is 6.35. The van der Waals surface area contributed by atoms with Crippen molar-refractivity contribution in [3.05, 3.63) is 0 Å². The first kappa shape index (κ1) is 12.0. The van der Waals surface area contributed by atoms with Crippen molar-refractivity contribution in [1.82, 2.24) is 10.2 Å². The van der Waals surface area contributed by atoms with Crippen LogP contribution in [0, 0.1) is 0 Å². The highest BCUT2D eigenvalue weighted by Gasteiger charge is 2.41. The van der Waals surface area contributed by atoms with E-state index in [9.17, 15) is 0 Å². The van der Waals surface area contributed by atoms with Gasteiger partial charge in [0, 0.05) is 24.2 Å². The van der Waals surface area contributed by atoms with E-state index in [4.69, 9.17) is 0 Å². The molecule has 1 aliphatic carbocycles. The largest absolute Gasteiger partial charge is 0.314 e. The van der Waals surface area contributed by atoms with E-state index in [-0.39, 0.29) is 0 Å². The van der Waals surface area contributed by atoms with Crippen LogP contribution in [0.15, 0.2) is 0 Å². The summed E-state index contributed by atoms with van der Waals surface area (Å²) in [6, 6.07) is 3.59. The molecule has 3 aliphatic rings. The number of piperidine rings is 2. The first-order valence-electron chi connectivity index (χ1n) is 7.89. The highest BCUT2D eigenvalue weighted by atomic mass is 15.2. The van der Waals surface area contributed by atoms with E-state index >= 15 is 0 Å². The van der Waals surface area contributed by atoms with Crippen LogP contribution in [0.1, 0.15) is 64.7 Å². The maximum Gasteiger partial charge on any atom is 0.0116 e. The summed E-state index contributed by atoms with van der Waals surface area (Å²) in [7, 11) is 0. The SMILES string of the molecule is CCNC1CC2CCCC(C1)N2C1CCCC1. The van der Waals surface area contributed by atoms with Gasteiger partial charge in [-0.3, -0.25) is 4.90 Å². The second kappa shape index (κ2) is 5.27. The molecule has 0 aromatic rings. The number of nitrogens with one attached hydrogen (secondary N) is 1. The van der Waals surface area contributed by atoms with Gasteiger partial charge in [-0.15, -0.1) is 0 Å². The summed E-state index contributed by atoms with van der Waals surface area (Å²) in [5.74, 6) is 0. The lowest BCUT2D eigenvalue weighted by atomic mass is 9.80. The Morgan fingerprint density at radius 2 is 1.47 bits per heavy atom. The molecule has 2 heteroatoms. The van der Waals surface area contributed by atoms with E-state index in [2.05, 4.69) is 17.1 Å². The summed E-state index contributed by atoms with van der Waals surface area (Å²) in [5, 5.41) is 3.70. The molecule has 2 heterocycles. The van der Waals surface area contributed by atoms with Crippen molar-refractivity contribution in [2.75, 3.05) is 6.54 Å². The van der Waals surface area contributed by atoms with Crippen molar-refractivity contribution >= 4 is 0 Å². The quantitative estimate of drug-likeness (QED) is 0.810. The van der Waals surface area contributed by atoms with Crippen LogP contribution in [0.5, 0.6) is 0 Å². The summed E-state index contributed by atoms with van der Waals surface area (Å²) >= 11 is 0. The number of nitrogens with zero attached hydrogens (tertiary/aromatic N) is 1. The first-order valence-corrected chi connectivity index (χ1v) is 7.89. The third-order valence-electron chi connectivity index (χ3n) is 5.27. The molecule has 0 radical (unpaired) electrons. The molecule has 3 rings (SSSR count). The monoisotopic (exact) mass is 236 g/mol. The van der Waals surface area contributed by atoms with Gasteiger partial charge < -0.3 is 5.32 Å². The molecule has 2 aliphatic heterocycles. The van der Waals surface area contributed by atoms with E-state index in [1.54, 1.807) is 0 Å². The number of hydrogen-bond acceptors (Lipinski definition) is 2. The molecule has 0 spiro atoms. The van der Waals surface area contributed by atoms with Crippen LogP contribution in [-0.2, 0) is 0 Å². The number of hydrogen-bond donors (Lipinski definition) is 1. The molecule has 0 aromatic heterocycles. The summed E-state index contributed by atoms with van der Waals surface area (Å²) in [6.07, 6.45) is 13.2. The van der Waals surface area contributed by atoms with Gasteiger partial charge in [-0.05, 0) is 45.1 Å². The average molecular weight is 236 g/mol.